The number of carbonyl (C=O) groups is 1. The highest BCUT2D eigenvalue weighted by molar-refractivity contribution is 6.33. The molecule has 1 aromatic carbocycles. The van der Waals surface area contributed by atoms with Gasteiger partial charge in [-0.05, 0) is 44.8 Å². The molecular formula is C16H21ClFN3O2. The monoisotopic (exact) mass is 341 g/mol. The normalized spacial score (nSPS) is 19.6. The number of rotatable bonds is 3. The van der Waals surface area contributed by atoms with Crippen molar-refractivity contribution in [2.45, 2.75) is 31.4 Å². The van der Waals surface area contributed by atoms with Crippen molar-refractivity contribution in [3.63, 3.8) is 0 Å². The molecule has 0 aliphatic carbocycles. The number of anilines is 1. The fourth-order valence-corrected chi connectivity index (χ4v) is 3.31. The highest BCUT2D eigenvalue weighted by Gasteiger charge is 2.33. The fraction of sp³-hybridized carbons (Fsp3) is 0.562. The summed E-state index contributed by atoms with van der Waals surface area (Å²) < 4.78 is 20.2. The van der Waals surface area contributed by atoms with Crippen molar-refractivity contribution in [3.8, 4) is 5.75 Å². The molecule has 23 heavy (non-hydrogen) atoms. The smallest absolute Gasteiger partial charge is 0.255 e. The van der Waals surface area contributed by atoms with Gasteiger partial charge in [-0.25, -0.2) is 4.39 Å². The Kier molecular flexibility index (Phi) is 4.64. The second-order valence-corrected chi connectivity index (χ2v) is 6.57. The molecule has 0 aromatic heterocycles. The van der Waals surface area contributed by atoms with Crippen LogP contribution in [0.25, 0.3) is 0 Å². The SMILES string of the molecule is Nc1c(Cl)cc(C(=O)NCC2(F)CCNCC2)c2c1CCCO2. The van der Waals surface area contributed by atoms with Crippen LogP contribution in [-0.4, -0.2) is 37.8 Å². The van der Waals surface area contributed by atoms with E-state index in [1.54, 1.807) is 0 Å². The van der Waals surface area contributed by atoms with Gasteiger partial charge in [0.15, 0.2) is 0 Å². The van der Waals surface area contributed by atoms with Crippen molar-refractivity contribution < 1.29 is 13.9 Å². The molecule has 126 valence electrons. The fourth-order valence-electron chi connectivity index (χ4n) is 3.09. The summed E-state index contributed by atoms with van der Waals surface area (Å²) in [6.45, 7) is 1.77. The summed E-state index contributed by atoms with van der Waals surface area (Å²) in [5, 5.41) is 6.12. The third-order valence-corrected chi connectivity index (χ3v) is 4.81. The Balaban J connectivity index is 1.78. The van der Waals surface area contributed by atoms with Crippen molar-refractivity contribution in [1.82, 2.24) is 10.6 Å². The molecule has 0 bridgehead atoms. The molecule has 0 spiro atoms. The van der Waals surface area contributed by atoms with E-state index in [0.29, 0.717) is 54.6 Å². The molecule has 0 unspecified atom stereocenters. The molecule has 5 nitrogen and oxygen atoms in total. The van der Waals surface area contributed by atoms with Gasteiger partial charge in [-0.15, -0.1) is 0 Å². The van der Waals surface area contributed by atoms with E-state index in [1.807, 2.05) is 0 Å². The first kappa shape index (κ1) is 16.3. The van der Waals surface area contributed by atoms with Gasteiger partial charge in [0.05, 0.1) is 29.4 Å². The summed E-state index contributed by atoms with van der Waals surface area (Å²) in [6, 6.07) is 1.50. The Bertz CT molecular complexity index is 618. The van der Waals surface area contributed by atoms with E-state index < -0.39 is 5.67 Å². The lowest BCUT2D eigenvalue weighted by molar-refractivity contribution is 0.0833. The number of hydrogen-bond acceptors (Lipinski definition) is 4. The summed E-state index contributed by atoms with van der Waals surface area (Å²) in [6.07, 6.45) is 2.34. The van der Waals surface area contributed by atoms with Crippen molar-refractivity contribution >= 4 is 23.2 Å². The number of hydrogen-bond donors (Lipinski definition) is 3. The summed E-state index contributed by atoms with van der Waals surface area (Å²) >= 11 is 6.13. The first-order valence-electron chi connectivity index (χ1n) is 7.92. The van der Waals surface area contributed by atoms with E-state index in [-0.39, 0.29) is 12.5 Å². The van der Waals surface area contributed by atoms with Crippen molar-refractivity contribution in [2.24, 2.45) is 0 Å². The van der Waals surface area contributed by atoms with Crippen LogP contribution in [0.3, 0.4) is 0 Å². The molecule has 1 amide bonds. The van der Waals surface area contributed by atoms with Crippen LogP contribution in [-0.2, 0) is 6.42 Å². The molecule has 7 heteroatoms. The average Bonchev–Trinajstić information content (AvgIpc) is 2.57. The highest BCUT2D eigenvalue weighted by atomic mass is 35.5. The second-order valence-electron chi connectivity index (χ2n) is 6.16. The Morgan fingerprint density at radius 1 is 1.48 bits per heavy atom. The minimum Gasteiger partial charge on any atom is -0.492 e. The zero-order valence-corrected chi connectivity index (χ0v) is 13.6. The molecular weight excluding hydrogens is 321 g/mol. The van der Waals surface area contributed by atoms with E-state index in [4.69, 9.17) is 22.1 Å². The summed E-state index contributed by atoms with van der Waals surface area (Å²) in [7, 11) is 0. The van der Waals surface area contributed by atoms with E-state index >= 15 is 0 Å². The van der Waals surface area contributed by atoms with Gasteiger partial charge >= 0.3 is 0 Å². The molecule has 2 heterocycles. The van der Waals surface area contributed by atoms with Crippen LogP contribution in [0.5, 0.6) is 5.75 Å². The van der Waals surface area contributed by atoms with Crippen LogP contribution in [0.2, 0.25) is 5.02 Å². The van der Waals surface area contributed by atoms with Crippen LogP contribution in [0.1, 0.15) is 35.2 Å². The maximum Gasteiger partial charge on any atom is 0.255 e. The number of ether oxygens (including phenoxy) is 1. The molecule has 4 N–H and O–H groups in total. The maximum absolute atomic E-state index is 14.6. The summed E-state index contributed by atoms with van der Waals surface area (Å²) in [5.41, 5.74) is 6.17. The lowest BCUT2D eigenvalue weighted by atomic mass is 9.94. The van der Waals surface area contributed by atoms with Gasteiger partial charge in [0, 0.05) is 5.56 Å². The van der Waals surface area contributed by atoms with Crippen LogP contribution in [0.15, 0.2) is 6.07 Å². The van der Waals surface area contributed by atoms with E-state index in [0.717, 1.165) is 18.4 Å². The molecule has 1 fully saturated rings. The zero-order chi connectivity index (χ0) is 16.4. The predicted octanol–water partition coefficient (Wildman–Crippen LogP) is 2.07. The van der Waals surface area contributed by atoms with Crippen molar-refractivity contribution in [1.29, 1.82) is 0 Å². The standard InChI is InChI=1S/C16H21ClFN3O2/c17-12-8-11(14-10(13(12)19)2-1-7-23-14)15(22)21-9-16(18)3-5-20-6-4-16/h8,20H,1-7,9,19H2,(H,21,22). The quantitative estimate of drug-likeness (QED) is 0.736. The lowest BCUT2D eigenvalue weighted by Crippen LogP contribution is -2.46. The molecule has 1 saturated heterocycles. The van der Waals surface area contributed by atoms with Gasteiger partial charge in [-0.1, -0.05) is 11.6 Å². The van der Waals surface area contributed by atoms with Gasteiger partial charge < -0.3 is 21.1 Å². The van der Waals surface area contributed by atoms with Crippen LogP contribution in [0.4, 0.5) is 10.1 Å². The molecule has 0 saturated carbocycles. The number of nitrogen functional groups attached to an aromatic ring is 1. The third-order valence-electron chi connectivity index (χ3n) is 4.50. The first-order chi connectivity index (χ1) is 11.0. The number of amides is 1. The van der Waals surface area contributed by atoms with Gasteiger partial charge in [0.1, 0.15) is 11.4 Å². The van der Waals surface area contributed by atoms with Crippen molar-refractivity contribution in [3.05, 3.63) is 22.2 Å². The highest BCUT2D eigenvalue weighted by Crippen LogP contribution is 2.38. The molecule has 2 aliphatic rings. The van der Waals surface area contributed by atoms with Gasteiger partial charge in [0.25, 0.3) is 5.91 Å². The largest absolute Gasteiger partial charge is 0.492 e. The number of halogens is 2. The zero-order valence-electron chi connectivity index (χ0n) is 12.9. The number of fused-ring (bicyclic) bond motifs is 1. The van der Waals surface area contributed by atoms with Crippen LogP contribution in [0, 0.1) is 0 Å². The molecule has 0 radical (unpaired) electrons. The van der Waals surface area contributed by atoms with Gasteiger partial charge in [-0.2, -0.15) is 0 Å². The topological polar surface area (TPSA) is 76.4 Å². The number of nitrogens with two attached hydrogens (primary N) is 1. The minimum atomic E-state index is -1.36. The predicted molar refractivity (Wildman–Crippen MR) is 88.0 cm³/mol. The third kappa shape index (κ3) is 3.38. The van der Waals surface area contributed by atoms with Crippen molar-refractivity contribution in [2.75, 3.05) is 32.0 Å². The summed E-state index contributed by atoms with van der Waals surface area (Å²) in [5.74, 6) is 0.106. The average molecular weight is 342 g/mol. The van der Waals surface area contributed by atoms with Gasteiger partial charge in [-0.3, -0.25) is 4.79 Å². The molecule has 3 rings (SSSR count). The Morgan fingerprint density at radius 3 is 2.96 bits per heavy atom. The number of carbonyl (C=O) groups excluding carboxylic acids is 1. The van der Waals surface area contributed by atoms with Crippen LogP contribution >= 0.6 is 11.6 Å². The Morgan fingerprint density at radius 2 is 2.22 bits per heavy atom. The Hall–Kier alpha value is -1.53. The minimum absolute atomic E-state index is 0.00964. The number of nitrogens with one attached hydrogen (secondary N) is 2. The molecule has 0 atom stereocenters. The molecule has 1 aromatic rings. The first-order valence-corrected chi connectivity index (χ1v) is 8.29. The van der Waals surface area contributed by atoms with Gasteiger partial charge in [0.2, 0.25) is 0 Å². The number of piperidine rings is 1. The Labute approximate surface area is 139 Å². The van der Waals surface area contributed by atoms with E-state index in [2.05, 4.69) is 10.6 Å². The van der Waals surface area contributed by atoms with Crippen LogP contribution < -0.4 is 21.1 Å². The second kappa shape index (κ2) is 6.53. The number of alkyl halides is 1. The maximum atomic E-state index is 14.6. The lowest BCUT2D eigenvalue weighted by Gasteiger charge is -2.30. The summed E-state index contributed by atoms with van der Waals surface area (Å²) in [4.78, 5) is 12.5. The molecule has 2 aliphatic heterocycles. The van der Waals surface area contributed by atoms with E-state index in [9.17, 15) is 9.18 Å². The van der Waals surface area contributed by atoms with E-state index in [1.165, 1.54) is 6.07 Å². The number of benzene rings is 1.